The van der Waals surface area contributed by atoms with Crippen LogP contribution in [0.3, 0.4) is 0 Å². The molecule has 7 rings (SSSR count). The number of nitrogens with one attached hydrogen (secondary N) is 1. The van der Waals surface area contributed by atoms with E-state index < -0.39 is 0 Å². The molecule has 1 heterocycles. The number of hydrogen-bond donors (Lipinski definition) is 1. The summed E-state index contributed by atoms with van der Waals surface area (Å²) in [4.78, 5) is 28.7. The summed E-state index contributed by atoms with van der Waals surface area (Å²) in [5, 5.41) is 3.05. The van der Waals surface area contributed by atoms with Gasteiger partial charge in [0, 0.05) is 6.54 Å². The van der Waals surface area contributed by atoms with Gasteiger partial charge in [0.25, 0.3) is 0 Å². The zero-order valence-corrected chi connectivity index (χ0v) is 19.1. The molecular formula is C27H36N2O3. The number of ether oxygens (including phenoxy) is 1. The van der Waals surface area contributed by atoms with E-state index in [4.69, 9.17) is 4.74 Å². The average molecular weight is 437 g/mol. The second kappa shape index (κ2) is 8.07. The Hall–Kier alpha value is -2.04. The van der Waals surface area contributed by atoms with Gasteiger partial charge in [0.2, 0.25) is 11.8 Å². The van der Waals surface area contributed by atoms with Crippen molar-refractivity contribution in [3.63, 3.8) is 0 Å². The van der Waals surface area contributed by atoms with Gasteiger partial charge in [-0.3, -0.25) is 9.59 Å². The van der Waals surface area contributed by atoms with Crippen molar-refractivity contribution in [2.45, 2.75) is 76.7 Å². The molecule has 1 saturated heterocycles. The molecule has 32 heavy (non-hydrogen) atoms. The first-order valence-electron chi connectivity index (χ1n) is 12.9. The number of carbonyl (C=O) groups excluding carboxylic acids is 2. The van der Waals surface area contributed by atoms with E-state index in [2.05, 4.69) is 17.4 Å². The van der Waals surface area contributed by atoms with Crippen molar-refractivity contribution in [3.05, 3.63) is 29.3 Å². The largest absolute Gasteiger partial charge is 0.492 e. The van der Waals surface area contributed by atoms with Crippen molar-refractivity contribution in [2.24, 2.45) is 23.2 Å². The van der Waals surface area contributed by atoms with Crippen LogP contribution >= 0.6 is 0 Å². The topological polar surface area (TPSA) is 58.6 Å². The number of hydrogen-bond acceptors (Lipinski definition) is 3. The van der Waals surface area contributed by atoms with Gasteiger partial charge in [-0.1, -0.05) is 6.07 Å². The summed E-state index contributed by atoms with van der Waals surface area (Å²) < 4.78 is 5.89. The van der Waals surface area contributed by atoms with Crippen molar-refractivity contribution in [2.75, 3.05) is 19.7 Å². The zero-order chi connectivity index (χ0) is 21.7. The van der Waals surface area contributed by atoms with Gasteiger partial charge in [-0.15, -0.1) is 0 Å². The molecule has 4 saturated carbocycles. The third kappa shape index (κ3) is 3.62. The summed E-state index contributed by atoms with van der Waals surface area (Å²) in [7, 11) is 0. The summed E-state index contributed by atoms with van der Waals surface area (Å²) in [6.45, 7) is 1.68. The molecule has 5 fully saturated rings. The Bertz CT molecular complexity index is 875. The van der Waals surface area contributed by atoms with Crippen molar-refractivity contribution in [1.82, 2.24) is 10.2 Å². The SMILES string of the molecule is O=C(NCCOc1ccc2c(c1)CCC2)C1CCCN1C(=O)C12CC3CC(CC(C3)C1)C2. The van der Waals surface area contributed by atoms with Crippen molar-refractivity contribution < 1.29 is 14.3 Å². The summed E-state index contributed by atoms with van der Waals surface area (Å²) in [5.41, 5.74) is 2.68. The number of nitrogens with zero attached hydrogens (tertiary/aromatic N) is 1. The molecule has 4 bridgehead atoms. The Labute approximate surface area is 191 Å². The fourth-order valence-corrected chi connectivity index (χ4v) is 8.06. The number of aryl methyl sites for hydroxylation is 2. The van der Waals surface area contributed by atoms with E-state index in [9.17, 15) is 9.59 Å². The first-order valence-corrected chi connectivity index (χ1v) is 12.9. The van der Waals surface area contributed by atoms with Gasteiger partial charge in [0.15, 0.2) is 0 Å². The molecule has 1 aromatic carbocycles. The summed E-state index contributed by atoms with van der Waals surface area (Å²) in [5.74, 6) is 3.42. The van der Waals surface area contributed by atoms with Crippen LogP contribution in [0.15, 0.2) is 18.2 Å². The highest BCUT2D eigenvalue weighted by molar-refractivity contribution is 5.91. The number of rotatable bonds is 6. The lowest BCUT2D eigenvalue weighted by molar-refractivity contribution is -0.160. The summed E-state index contributed by atoms with van der Waals surface area (Å²) in [6.07, 6.45) is 12.5. The maximum atomic E-state index is 13.7. The molecule has 5 heteroatoms. The lowest BCUT2D eigenvalue weighted by atomic mass is 9.49. The normalized spacial score (nSPS) is 34.6. The van der Waals surface area contributed by atoms with Crippen LogP contribution in [0.5, 0.6) is 5.75 Å². The Morgan fingerprint density at radius 1 is 1.00 bits per heavy atom. The monoisotopic (exact) mass is 436 g/mol. The smallest absolute Gasteiger partial charge is 0.242 e. The minimum absolute atomic E-state index is 0.00173. The maximum absolute atomic E-state index is 13.7. The van der Waals surface area contributed by atoms with Crippen LogP contribution < -0.4 is 10.1 Å². The summed E-state index contributed by atoms with van der Waals surface area (Å²) in [6, 6.07) is 6.06. The van der Waals surface area contributed by atoms with Gasteiger partial charge in [0.1, 0.15) is 18.4 Å². The Morgan fingerprint density at radius 2 is 1.72 bits per heavy atom. The van der Waals surface area contributed by atoms with Crippen molar-refractivity contribution >= 4 is 11.8 Å². The third-order valence-electron chi connectivity index (χ3n) is 9.05. The Morgan fingerprint density at radius 3 is 2.47 bits per heavy atom. The zero-order valence-electron chi connectivity index (χ0n) is 19.1. The molecule has 6 aliphatic rings. The second-order valence-electron chi connectivity index (χ2n) is 11.3. The number of carbonyl (C=O) groups is 2. The Kier molecular flexibility index (Phi) is 5.19. The molecule has 1 atom stereocenters. The van der Waals surface area contributed by atoms with Gasteiger partial charge in [0.05, 0.1) is 12.0 Å². The van der Waals surface area contributed by atoms with Crippen LogP contribution in [0.1, 0.15) is 68.9 Å². The van der Waals surface area contributed by atoms with Crippen LogP contribution in [0.4, 0.5) is 0 Å². The second-order valence-corrected chi connectivity index (χ2v) is 11.3. The average Bonchev–Trinajstić information content (AvgIpc) is 3.44. The van der Waals surface area contributed by atoms with Crippen LogP contribution in [0.2, 0.25) is 0 Å². The predicted octanol–water partition coefficient (Wildman–Crippen LogP) is 3.88. The van der Waals surface area contributed by atoms with E-state index >= 15 is 0 Å². The summed E-state index contributed by atoms with van der Waals surface area (Å²) >= 11 is 0. The Balaban J connectivity index is 1.03. The molecule has 0 radical (unpaired) electrons. The predicted molar refractivity (Wildman–Crippen MR) is 122 cm³/mol. The highest BCUT2D eigenvalue weighted by Gasteiger charge is 2.56. The number of amides is 2. The number of benzene rings is 1. The molecule has 0 spiro atoms. The molecule has 2 amide bonds. The molecule has 1 N–H and O–H groups in total. The van der Waals surface area contributed by atoms with Crippen LogP contribution in [0, 0.1) is 23.2 Å². The standard InChI is InChI=1S/C27H36N2O3/c30-25(28-8-10-32-23-7-6-21-3-1-4-22(21)14-23)24-5-2-9-29(24)26(31)27-15-18-11-19(16-27)13-20(12-18)17-27/h6-7,14,18-20,24H,1-5,8-13,15-17H2,(H,28,30). The first kappa shape index (κ1) is 20.6. The molecule has 1 aliphatic heterocycles. The van der Waals surface area contributed by atoms with Gasteiger partial charge >= 0.3 is 0 Å². The van der Waals surface area contributed by atoms with Gasteiger partial charge in [-0.25, -0.2) is 0 Å². The van der Waals surface area contributed by atoms with E-state index in [0.29, 0.717) is 19.1 Å². The highest BCUT2D eigenvalue weighted by atomic mass is 16.5. The van der Waals surface area contributed by atoms with E-state index in [1.165, 1.54) is 43.2 Å². The molecule has 5 nitrogen and oxygen atoms in total. The fourth-order valence-electron chi connectivity index (χ4n) is 8.06. The molecule has 172 valence electrons. The van der Waals surface area contributed by atoms with Gasteiger partial charge in [-0.05, 0) is 112 Å². The quantitative estimate of drug-likeness (QED) is 0.689. The maximum Gasteiger partial charge on any atom is 0.242 e. The van der Waals surface area contributed by atoms with Gasteiger partial charge < -0.3 is 15.0 Å². The molecule has 1 unspecified atom stereocenters. The number of fused-ring (bicyclic) bond motifs is 1. The lowest BCUT2D eigenvalue weighted by Gasteiger charge is -2.56. The van der Waals surface area contributed by atoms with Gasteiger partial charge in [-0.2, -0.15) is 0 Å². The van der Waals surface area contributed by atoms with Crippen molar-refractivity contribution in [1.29, 1.82) is 0 Å². The van der Waals surface area contributed by atoms with Crippen molar-refractivity contribution in [3.8, 4) is 5.75 Å². The molecule has 5 aliphatic carbocycles. The van der Waals surface area contributed by atoms with E-state index in [-0.39, 0.29) is 17.4 Å². The molecule has 0 aromatic heterocycles. The minimum Gasteiger partial charge on any atom is -0.492 e. The molecule has 1 aromatic rings. The highest BCUT2D eigenvalue weighted by Crippen LogP contribution is 2.60. The van der Waals surface area contributed by atoms with E-state index in [0.717, 1.165) is 68.6 Å². The first-order chi connectivity index (χ1) is 15.6. The fraction of sp³-hybridized carbons (Fsp3) is 0.704. The van der Waals surface area contributed by atoms with E-state index in [1.807, 2.05) is 11.0 Å². The molecular weight excluding hydrogens is 400 g/mol. The van der Waals surface area contributed by atoms with Crippen LogP contribution in [0.25, 0.3) is 0 Å². The third-order valence-corrected chi connectivity index (χ3v) is 9.05. The number of likely N-dealkylation sites (tertiary alicyclic amines) is 1. The van der Waals surface area contributed by atoms with Crippen LogP contribution in [-0.4, -0.2) is 42.5 Å². The minimum atomic E-state index is -0.296. The van der Waals surface area contributed by atoms with E-state index in [1.54, 1.807) is 0 Å². The van der Waals surface area contributed by atoms with Crippen LogP contribution in [-0.2, 0) is 22.4 Å². The lowest BCUT2D eigenvalue weighted by Crippen LogP contribution is -2.57.